The lowest BCUT2D eigenvalue weighted by molar-refractivity contribution is -0.167. The van der Waals surface area contributed by atoms with Gasteiger partial charge in [-0.3, -0.25) is 14.4 Å². The molecule has 0 aromatic heterocycles. The van der Waals surface area contributed by atoms with Gasteiger partial charge in [0.15, 0.2) is 6.10 Å². The van der Waals surface area contributed by atoms with Crippen LogP contribution in [-0.4, -0.2) is 37.2 Å². The third kappa shape index (κ3) is 54.4. The molecule has 69 heavy (non-hydrogen) atoms. The van der Waals surface area contributed by atoms with Gasteiger partial charge in [-0.15, -0.1) is 0 Å². The zero-order chi connectivity index (χ0) is 50.0. The van der Waals surface area contributed by atoms with Crippen molar-refractivity contribution in [2.45, 2.75) is 232 Å². The molecule has 0 spiro atoms. The van der Waals surface area contributed by atoms with Crippen LogP contribution in [0, 0.1) is 0 Å². The van der Waals surface area contributed by atoms with Crippen molar-refractivity contribution in [2.24, 2.45) is 0 Å². The molecule has 0 fully saturated rings. The first-order chi connectivity index (χ1) is 34.0. The first-order valence-electron chi connectivity index (χ1n) is 27.7. The van der Waals surface area contributed by atoms with E-state index in [-0.39, 0.29) is 31.1 Å². The summed E-state index contributed by atoms with van der Waals surface area (Å²) in [6, 6.07) is 0. The van der Waals surface area contributed by atoms with E-state index in [1.54, 1.807) is 0 Å². The van der Waals surface area contributed by atoms with Gasteiger partial charge in [-0.1, -0.05) is 219 Å². The molecule has 1 unspecified atom stereocenters. The second kappa shape index (κ2) is 56.1. The lowest BCUT2D eigenvalue weighted by atomic mass is 10.1. The second-order valence-electron chi connectivity index (χ2n) is 17.8. The van der Waals surface area contributed by atoms with Gasteiger partial charge < -0.3 is 14.2 Å². The van der Waals surface area contributed by atoms with Crippen molar-refractivity contribution >= 4 is 17.9 Å². The lowest BCUT2D eigenvalue weighted by Crippen LogP contribution is -2.30. The molecule has 0 amide bonds. The Hall–Kier alpha value is -4.45. The van der Waals surface area contributed by atoms with Crippen molar-refractivity contribution < 1.29 is 28.6 Å². The predicted molar refractivity (Wildman–Crippen MR) is 297 cm³/mol. The predicted octanol–water partition coefficient (Wildman–Crippen LogP) is 18.6. The summed E-state index contributed by atoms with van der Waals surface area (Å²) in [5.74, 6) is -0.983. The van der Waals surface area contributed by atoms with Gasteiger partial charge in [0.25, 0.3) is 0 Å². The van der Waals surface area contributed by atoms with Gasteiger partial charge in [0, 0.05) is 19.3 Å². The van der Waals surface area contributed by atoms with Crippen LogP contribution in [0.1, 0.15) is 226 Å². The molecule has 0 radical (unpaired) electrons. The molecule has 388 valence electrons. The summed E-state index contributed by atoms with van der Waals surface area (Å²) < 4.78 is 16.6. The summed E-state index contributed by atoms with van der Waals surface area (Å²) in [7, 11) is 0. The molecule has 0 saturated carbocycles. The van der Waals surface area contributed by atoms with Crippen LogP contribution in [0.3, 0.4) is 0 Å². The first kappa shape index (κ1) is 64.5. The molecule has 1 atom stereocenters. The average Bonchev–Trinajstić information content (AvgIpc) is 3.35. The highest BCUT2D eigenvalue weighted by Crippen LogP contribution is 2.12. The third-order valence-corrected chi connectivity index (χ3v) is 11.1. The zero-order valence-corrected chi connectivity index (χ0v) is 44.3. The second-order valence-corrected chi connectivity index (χ2v) is 17.8. The van der Waals surface area contributed by atoms with Gasteiger partial charge in [0.1, 0.15) is 13.2 Å². The van der Waals surface area contributed by atoms with E-state index in [1.165, 1.54) is 38.5 Å². The van der Waals surface area contributed by atoms with Gasteiger partial charge in [-0.25, -0.2) is 0 Å². The van der Waals surface area contributed by atoms with Gasteiger partial charge in [0.2, 0.25) is 0 Å². The molecular weight excluding hydrogens is 853 g/mol. The summed E-state index contributed by atoms with van der Waals surface area (Å²) in [6.07, 6.45) is 79.1. The molecule has 0 aromatic rings. The Labute approximate surface area is 424 Å². The van der Waals surface area contributed by atoms with E-state index in [2.05, 4.69) is 154 Å². The Kier molecular flexibility index (Phi) is 52.5. The molecule has 0 saturated heterocycles. The van der Waals surface area contributed by atoms with Crippen LogP contribution in [0.4, 0.5) is 0 Å². The Morgan fingerprint density at radius 2 is 0.565 bits per heavy atom. The van der Waals surface area contributed by atoms with Crippen LogP contribution in [0.5, 0.6) is 0 Å². The van der Waals surface area contributed by atoms with E-state index < -0.39 is 6.10 Å². The largest absolute Gasteiger partial charge is 0.462 e. The maximum atomic E-state index is 12.8. The number of ether oxygens (including phenoxy) is 3. The summed E-state index contributed by atoms with van der Waals surface area (Å²) >= 11 is 0. The van der Waals surface area contributed by atoms with Crippen LogP contribution >= 0.6 is 0 Å². The monoisotopic (exact) mass is 953 g/mol. The zero-order valence-electron chi connectivity index (χ0n) is 44.3. The number of allylic oxidation sites excluding steroid dienone is 22. The third-order valence-electron chi connectivity index (χ3n) is 11.1. The van der Waals surface area contributed by atoms with Crippen molar-refractivity contribution in [1.82, 2.24) is 0 Å². The lowest BCUT2D eigenvalue weighted by Gasteiger charge is -2.18. The number of hydrogen-bond donors (Lipinski definition) is 0. The average molecular weight is 953 g/mol. The Morgan fingerprint density at radius 1 is 0.304 bits per heavy atom. The van der Waals surface area contributed by atoms with Gasteiger partial charge in [-0.2, -0.15) is 0 Å². The van der Waals surface area contributed by atoms with Crippen LogP contribution in [-0.2, 0) is 28.6 Å². The minimum Gasteiger partial charge on any atom is -0.462 e. The van der Waals surface area contributed by atoms with Crippen molar-refractivity contribution in [1.29, 1.82) is 0 Å². The number of rotatable bonds is 48. The Morgan fingerprint density at radius 3 is 0.942 bits per heavy atom. The fraction of sp³-hybridized carbons (Fsp3) is 0.603. The van der Waals surface area contributed by atoms with Gasteiger partial charge in [-0.05, 0) is 122 Å². The SMILES string of the molecule is CC/C=C\C/C=C\C/C=C\C/C=C\C/C=C\C/C=C\C/C=C\C/C=C\CCCCC(=O)OCC(COC(=O)CCCCCCC)OC(=O)CCCCCCCC/C=C\C/C=C\C/C=C\CCCCC. The fourth-order valence-corrected chi connectivity index (χ4v) is 6.99. The number of hydrogen-bond acceptors (Lipinski definition) is 6. The minimum atomic E-state index is -0.804. The highest BCUT2D eigenvalue weighted by Gasteiger charge is 2.19. The molecule has 0 aliphatic carbocycles. The van der Waals surface area contributed by atoms with E-state index in [0.717, 1.165) is 141 Å². The Bertz CT molecular complexity index is 1510. The fourth-order valence-electron chi connectivity index (χ4n) is 6.99. The molecule has 0 aliphatic rings. The standard InChI is InChI=1S/C63H100O6/c1-4-7-10-13-15-17-19-21-23-25-27-28-29-30-31-32-33-34-36-37-39-41-43-45-47-50-53-56-62(65)68-59-60(58-67-61(64)55-52-49-12-9-6-3)69-63(66)57-54-51-48-46-44-42-40-38-35-26-24-22-20-18-16-14-11-8-5-2/h7,10,15-18,21-24,27-28,30-31,33-35,37-39,43,45,60H,4-6,8-9,11-14,19-20,25-26,29,32,36,40-42,44,46-59H2,1-3H3/b10-7-,17-15-,18-16-,23-21-,24-22-,28-27-,31-30-,34-33-,38-35-,39-37-,45-43-. The van der Waals surface area contributed by atoms with Crippen molar-refractivity contribution in [3.05, 3.63) is 134 Å². The number of carbonyl (C=O) groups excluding carboxylic acids is 3. The van der Waals surface area contributed by atoms with E-state index in [1.807, 2.05) is 0 Å². The normalized spacial score (nSPS) is 13.1. The summed E-state index contributed by atoms with van der Waals surface area (Å²) in [4.78, 5) is 37.7. The smallest absolute Gasteiger partial charge is 0.306 e. The van der Waals surface area contributed by atoms with Crippen LogP contribution < -0.4 is 0 Å². The topological polar surface area (TPSA) is 78.9 Å². The number of esters is 3. The summed E-state index contributed by atoms with van der Waals surface area (Å²) in [6.45, 7) is 6.35. The summed E-state index contributed by atoms with van der Waals surface area (Å²) in [5, 5.41) is 0. The highest BCUT2D eigenvalue weighted by atomic mass is 16.6. The maximum Gasteiger partial charge on any atom is 0.306 e. The quantitative estimate of drug-likeness (QED) is 0.0262. The molecule has 0 heterocycles. The number of unbranched alkanes of at least 4 members (excludes halogenated alkanes) is 15. The number of carbonyl (C=O) groups is 3. The molecule has 0 aromatic carbocycles. The molecule has 6 nitrogen and oxygen atoms in total. The Balaban J connectivity index is 4.27. The minimum absolute atomic E-state index is 0.102. The van der Waals surface area contributed by atoms with Crippen LogP contribution in [0.15, 0.2) is 134 Å². The molecule has 0 aliphatic heterocycles. The first-order valence-corrected chi connectivity index (χ1v) is 27.7. The molecule has 6 heteroatoms. The van der Waals surface area contributed by atoms with Crippen molar-refractivity contribution in [3.8, 4) is 0 Å². The molecular formula is C63H100O6. The summed E-state index contributed by atoms with van der Waals surface area (Å²) in [5.41, 5.74) is 0. The highest BCUT2D eigenvalue weighted by molar-refractivity contribution is 5.71. The van der Waals surface area contributed by atoms with E-state index in [4.69, 9.17) is 14.2 Å². The molecule has 0 N–H and O–H groups in total. The van der Waals surface area contributed by atoms with E-state index >= 15 is 0 Å². The maximum absolute atomic E-state index is 12.8. The van der Waals surface area contributed by atoms with Crippen LogP contribution in [0.25, 0.3) is 0 Å². The van der Waals surface area contributed by atoms with Crippen molar-refractivity contribution in [3.63, 3.8) is 0 Å². The van der Waals surface area contributed by atoms with Crippen molar-refractivity contribution in [2.75, 3.05) is 13.2 Å². The molecule has 0 rings (SSSR count). The molecule has 0 bridgehead atoms. The van der Waals surface area contributed by atoms with E-state index in [9.17, 15) is 14.4 Å². The van der Waals surface area contributed by atoms with Gasteiger partial charge >= 0.3 is 17.9 Å². The van der Waals surface area contributed by atoms with Gasteiger partial charge in [0.05, 0.1) is 0 Å². The van der Waals surface area contributed by atoms with Crippen LogP contribution in [0.2, 0.25) is 0 Å². The van der Waals surface area contributed by atoms with E-state index in [0.29, 0.717) is 25.7 Å².